The lowest BCUT2D eigenvalue weighted by molar-refractivity contribution is 0.151. The maximum Gasteiger partial charge on any atom is 0.0197 e. The van der Waals surface area contributed by atoms with Gasteiger partial charge in [0.25, 0.3) is 0 Å². The molecule has 1 heterocycles. The minimum absolute atomic E-state index is 0. The first-order chi connectivity index (χ1) is 6.09. The van der Waals surface area contributed by atoms with E-state index < -0.39 is 0 Å². The molecule has 1 unspecified atom stereocenters. The van der Waals surface area contributed by atoms with Gasteiger partial charge in [0.15, 0.2) is 0 Å². The molecule has 1 aliphatic rings. The van der Waals surface area contributed by atoms with Crippen molar-refractivity contribution < 1.29 is 1.43 Å². The summed E-state index contributed by atoms with van der Waals surface area (Å²) in [6, 6.07) is 2.05. The van der Waals surface area contributed by atoms with Crippen molar-refractivity contribution in [1.82, 2.24) is 10.2 Å². The Kier molecular flexibility index (Phi) is 4.20. The van der Waals surface area contributed by atoms with Gasteiger partial charge in [0.05, 0.1) is 0 Å². The van der Waals surface area contributed by atoms with Gasteiger partial charge in [0, 0.05) is 26.1 Å². The number of hydrogen-bond acceptors (Lipinski definition) is 2. The van der Waals surface area contributed by atoms with E-state index in [2.05, 4.69) is 37.9 Å². The molecular formula is C11H26N2. The van der Waals surface area contributed by atoms with Gasteiger partial charge >= 0.3 is 0 Å². The Balaban J connectivity index is 0.00000169. The Morgan fingerprint density at radius 2 is 2.00 bits per heavy atom. The highest BCUT2D eigenvalue weighted by Gasteiger charge is 2.21. The summed E-state index contributed by atoms with van der Waals surface area (Å²) in [4.78, 5) is 2.57. The minimum Gasteiger partial charge on any atom is -0.311 e. The van der Waals surface area contributed by atoms with Crippen LogP contribution in [-0.2, 0) is 0 Å². The molecule has 0 saturated carbocycles. The Bertz CT molecular complexity index is 148. The molecule has 0 aromatic rings. The molecule has 80 valence electrons. The first-order valence-electron chi connectivity index (χ1n) is 5.59. The normalized spacial score (nSPS) is 25.8. The molecule has 0 radical (unpaired) electrons. The lowest BCUT2D eigenvalue weighted by atomic mass is 10.0. The summed E-state index contributed by atoms with van der Waals surface area (Å²) in [5.74, 6) is 0. The molecule has 0 amide bonds. The van der Waals surface area contributed by atoms with Crippen LogP contribution >= 0.6 is 0 Å². The van der Waals surface area contributed by atoms with E-state index in [-0.39, 0.29) is 1.43 Å². The van der Waals surface area contributed by atoms with Crippen LogP contribution in [-0.4, -0.2) is 36.1 Å². The summed E-state index contributed by atoms with van der Waals surface area (Å²) >= 11 is 0. The quantitative estimate of drug-likeness (QED) is 0.726. The molecule has 0 aliphatic carbocycles. The number of likely N-dealkylation sites (tertiary alicyclic amines) is 1. The topological polar surface area (TPSA) is 15.3 Å². The molecule has 1 fully saturated rings. The van der Waals surface area contributed by atoms with Crippen molar-refractivity contribution in [3.8, 4) is 0 Å². The van der Waals surface area contributed by atoms with Gasteiger partial charge in [-0.25, -0.2) is 0 Å². The molecule has 0 aromatic heterocycles. The second-order valence-corrected chi connectivity index (χ2v) is 4.75. The number of hydrogen-bond donors (Lipinski definition) is 1. The lowest BCUT2D eigenvalue weighted by Gasteiger charge is -2.36. The van der Waals surface area contributed by atoms with Gasteiger partial charge < -0.3 is 5.32 Å². The fourth-order valence-electron chi connectivity index (χ4n) is 2.08. The van der Waals surface area contributed by atoms with Gasteiger partial charge in [0.1, 0.15) is 0 Å². The summed E-state index contributed by atoms with van der Waals surface area (Å²) in [6.07, 6.45) is 2.70. The highest BCUT2D eigenvalue weighted by Crippen LogP contribution is 2.12. The van der Waals surface area contributed by atoms with E-state index in [0.717, 1.165) is 6.04 Å². The van der Waals surface area contributed by atoms with Crippen LogP contribution in [0.5, 0.6) is 0 Å². The van der Waals surface area contributed by atoms with E-state index in [9.17, 15) is 0 Å². The maximum absolute atomic E-state index is 3.62. The highest BCUT2D eigenvalue weighted by molar-refractivity contribution is 4.80. The molecule has 1 N–H and O–H groups in total. The molecule has 1 saturated heterocycles. The zero-order valence-electron chi connectivity index (χ0n) is 9.51. The second kappa shape index (κ2) is 4.97. The SMILES string of the molecule is CC(C)NC1CCCN(C(C)C)C1.[HH]. The summed E-state index contributed by atoms with van der Waals surface area (Å²) < 4.78 is 0. The van der Waals surface area contributed by atoms with Crippen LogP contribution in [0.2, 0.25) is 0 Å². The standard InChI is InChI=1S/C11H24N2.H2/c1-9(2)12-11-6-5-7-13(8-11)10(3)4;/h9-12H,5-8H2,1-4H3;1H. The molecule has 1 rings (SSSR count). The van der Waals surface area contributed by atoms with E-state index in [0.29, 0.717) is 12.1 Å². The summed E-state index contributed by atoms with van der Waals surface area (Å²) in [7, 11) is 0. The molecule has 2 heteroatoms. The van der Waals surface area contributed by atoms with Crippen molar-refractivity contribution >= 4 is 0 Å². The first-order valence-corrected chi connectivity index (χ1v) is 5.59. The summed E-state index contributed by atoms with van der Waals surface area (Å²) in [5.41, 5.74) is 0. The Morgan fingerprint density at radius 3 is 2.54 bits per heavy atom. The van der Waals surface area contributed by atoms with Gasteiger partial charge in [-0.3, -0.25) is 4.90 Å². The van der Waals surface area contributed by atoms with E-state index in [1.807, 2.05) is 0 Å². The van der Waals surface area contributed by atoms with Gasteiger partial charge in [-0.15, -0.1) is 0 Å². The lowest BCUT2D eigenvalue weighted by Crippen LogP contribution is -2.49. The number of nitrogens with one attached hydrogen (secondary N) is 1. The largest absolute Gasteiger partial charge is 0.311 e. The molecular weight excluding hydrogens is 160 g/mol. The molecule has 0 aromatic carbocycles. The van der Waals surface area contributed by atoms with E-state index >= 15 is 0 Å². The number of piperidine rings is 1. The third-order valence-corrected chi connectivity index (χ3v) is 2.75. The van der Waals surface area contributed by atoms with E-state index in [4.69, 9.17) is 0 Å². The van der Waals surface area contributed by atoms with Gasteiger partial charge in [-0.05, 0) is 33.2 Å². The van der Waals surface area contributed by atoms with Crippen molar-refractivity contribution in [3.05, 3.63) is 0 Å². The van der Waals surface area contributed by atoms with Crippen LogP contribution in [0.15, 0.2) is 0 Å². The number of nitrogens with zero attached hydrogens (tertiary/aromatic N) is 1. The Labute approximate surface area is 84.2 Å². The van der Waals surface area contributed by atoms with Crippen LogP contribution < -0.4 is 5.32 Å². The third kappa shape index (κ3) is 3.65. The van der Waals surface area contributed by atoms with Crippen molar-refractivity contribution in [2.75, 3.05) is 13.1 Å². The predicted molar refractivity (Wildman–Crippen MR) is 60.1 cm³/mol. The summed E-state index contributed by atoms with van der Waals surface area (Å²) in [5, 5.41) is 3.62. The van der Waals surface area contributed by atoms with Crippen LogP contribution in [0.1, 0.15) is 42.0 Å². The van der Waals surface area contributed by atoms with Crippen LogP contribution in [0.25, 0.3) is 0 Å². The average Bonchev–Trinajstić information content (AvgIpc) is 2.03. The predicted octanol–water partition coefficient (Wildman–Crippen LogP) is 2.10. The first kappa shape index (κ1) is 11.0. The van der Waals surface area contributed by atoms with Crippen LogP contribution in [0, 0.1) is 0 Å². The van der Waals surface area contributed by atoms with Gasteiger partial charge in [0.2, 0.25) is 0 Å². The number of rotatable bonds is 3. The van der Waals surface area contributed by atoms with Crippen LogP contribution in [0.4, 0.5) is 0 Å². The van der Waals surface area contributed by atoms with Crippen molar-refractivity contribution in [2.45, 2.75) is 58.7 Å². The third-order valence-electron chi connectivity index (χ3n) is 2.75. The van der Waals surface area contributed by atoms with Crippen molar-refractivity contribution in [3.63, 3.8) is 0 Å². The average molecular weight is 186 g/mol. The van der Waals surface area contributed by atoms with Crippen molar-refractivity contribution in [2.24, 2.45) is 0 Å². The molecule has 0 bridgehead atoms. The fourth-order valence-corrected chi connectivity index (χ4v) is 2.08. The van der Waals surface area contributed by atoms with Gasteiger partial charge in [-0.1, -0.05) is 13.8 Å². The maximum atomic E-state index is 3.62. The minimum atomic E-state index is 0. The molecule has 1 atom stereocenters. The second-order valence-electron chi connectivity index (χ2n) is 4.75. The molecule has 0 spiro atoms. The summed E-state index contributed by atoms with van der Waals surface area (Å²) in [6.45, 7) is 11.6. The Hall–Kier alpha value is -0.0800. The zero-order valence-corrected chi connectivity index (χ0v) is 9.51. The Morgan fingerprint density at radius 1 is 1.31 bits per heavy atom. The van der Waals surface area contributed by atoms with Crippen LogP contribution in [0.3, 0.4) is 0 Å². The smallest absolute Gasteiger partial charge is 0.0197 e. The fraction of sp³-hybridized carbons (Fsp3) is 1.00. The molecule has 1 aliphatic heterocycles. The van der Waals surface area contributed by atoms with E-state index in [1.165, 1.54) is 25.9 Å². The monoisotopic (exact) mass is 186 g/mol. The van der Waals surface area contributed by atoms with Gasteiger partial charge in [-0.2, -0.15) is 0 Å². The zero-order chi connectivity index (χ0) is 9.84. The molecule has 13 heavy (non-hydrogen) atoms. The van der Waals surface area contributed by atoms with E-state index in [1.54, 1.807) is 0 Å². The van der Waals surface area contributed by atoms with Crippen molar-refractivity contribution in [1.29, 1.82) is 0 Å². The molecule has 2 nitrogen and oxygen atoms in total. The highest BCUT2D eigenvalue weighted by atomic mass is 15.2.